The summed E-state index contributed by atoms with van der Waals surface area (Å²) in [4.78, 5) is 18.5. The molecule has 1 fully saturated rings. The second-order valence-corrected chi connectivity index (χ2v) is 7.56. The molecule has 0 bridgehead atoms. The Morgan fingerprint density at radius 2 is 2.31 bits per heavy atom. The first-order valence-corrected chi connectivity index (χ1v) is 9.25. The quantitative estimate of drug-likeness (QED) is 0.694. The summed E-state index contributed by atoms with van der Waals surface area (Å²) in [5.74, 6) is -0.225. The molecule has 0 saturated carbocycles. The number of aromatic amines is 1. The zero-order chi connectivity index (χ0) is 18.3. The number of aromatic nitrogens is 3. The lowest BCUT2D eigenvalue weighted by Gasteiger charge is -2.08. The maximum absolute atomic E-state index is 12.4. The maximum Gasteiger partial charge on any atom is 0.231 e. The lowest BCUT2D eigenvalue weighted by molar-refractivity contribution is -0.119. The molecule has 4 rings (SSSR count). The molecule has 132 valence electrons. The van der Waals surface area contributed by atoms with Gasteiger partial charge < -0.3 is 10.2 Å². The molecule has 2 aromatic heterocycles. The number of H-pyrrole nitrogens is 1. The van der Waals surface area contributed by atoms with Gasteiger partial charge >= 0.3 is 0 Å². The molecule has 26 heavy (non-hydrogen) atoms. The van der Waals surface area contributed by atoms with Crippen LogP contribution in [0, 0.1) is 31.2 Å². The molecule has 2 N–H and O–H groups in total. The van der Waals surface area contributed by atoms with Crippen LogP contribution in [0.25, 0.3) is 21.3 Å². The normalized spacial score (nSPS) is 16.8. The minimum atomic E-state index is -0.159. The van der Waals surface area contributed by atoms with E-state index in [-0.39, 0.29) is 11.8 Å². The SMILES string of the molecule is Cc1n[nH]c(C)c1-c1ccc2nc(NC(=O)C3CCN(C#N)C3)sc2c1. The standard InChI is InChI=1S/C18H18N6OS/c1-10-16(11(2)23-22-10)12-3-4-14-15(7-12)26-18(20-14)21-17(25)13-5-6-24(8-13)9-19/h3-4,7,13H,5-6,8H2,1-2H3,(H,22,23)(H,20,21,25). The fourth-order valence-corrected chi connectivity index (χ4v) is 4.29. The molecule has 0 spiro atoms. The van der Waals surface area contributed by atoms with E-state index in [1.54, 1.807) is 4.90 Å². The van der Waals surface area contributed by atoms with Crippen LogP contribution in [-0.2, 0) is 4.79 Å². The monoisotopic (exact) mass is 366 g/mol. The molecule has 1 aliphatic rings. The zero-order valence-corrected chi connectivity index (χ0v) is 15.4. The molecular weight excluding hydrogens is 348 g/mol. The second-order valence-electron chi connectivity index (χ2n) is 6.53. The van der Waals surface area contributed by atoms with Crippen LogP contribution in [0.15, 0.2) is 18.2 Å². The fourth-order valence-electron chi connectivity index (χ4n) is 3.38. The van der Waals surface area contributed by atoms with E-state index in [1.165, 1.54) is 11.3 Å². The lowest BCUT2D eigenvalue weighted by atomic mass is 10.0. The Hall–Kier alpha value is -2.92. The van der Waals surface area contributed by atoms with E-state index in [0.29, 0.717) is 24.6 Å². The van der Waals surface area contributed by atoms with E-state index < -0.39 is 0 Å². The maximum atomic E-state index is 12.4. The second kappa shape index (κ2) is 6.42. The van der Waals surface area contributed by atoms with Gasteiger partial charge in [0.1, 0.15) is 0 Å². The van der Waals surface area contributed by atoms with E-state index in [9.17, 15) is 4.79 Å². The van der Waals surface area contributed by atoms with E-state index in [1.807, 2.05) is 26.0 Å². The largest absolute Gasteiger partial charge is 0.310 e. The molecule has 1 aliphatic heterocycles. The number of thiazole rings is 1. The smallest absolute Gasteiger partial charge is 0.231 e. The summed E-state index contributed by atoms with van der Waals surface area (Å²) in [6.45, 7) is 5.11. The van der Waals surface area contributed by atoms with Crippen molar-refractivity contribution < 1.29 is 4.79 Å². The molecule has 3 aromatic rings. The summed E-state index contributed by atoms with van der Waals surface area (Å²) >= 11 is 1.46. The van der Waals surface area contributed by atoms with Crippen LogP contribution in [0.5, 0.6) is 0 Å². The van der Waals surface area contributed by atoms with Crippen LogP contribution in [0.4, 0.5) is 5.13 Å². The Morgan fingerprint density at radius 1 is 1.46 bits per heavy atom. The first-order valence-electron chi connectivity index (χ1n) is 8.43. The van der Waals surface area contributed by atoms with Crippen LogP contribution in [0.2, 0.25) is 0 Å². The molecule has 1 aromatic carbocycles. The number of carbonyl (C=O) groups is 1. The lowest BCUT2D eigenvalue weighted by Crippen LogP contribution is -2.25. The molecule has 0 radical (unpaired) electrons. The molecule has 1 unspecified atom stereocenters. The van der Waals surface area contributed by atoms with Gasteiger partial charge in [0.25, 0.3) is 0 Å². The van der Waals surface area contributed by atoms with Crippen LogP contribution in [-0.4, -0.2) is 39.1 Å². The number of hydrogen-bond acceptors (Lipinski definition) is 6. The van der Waals surface area contributed by atoms with Crippen molar-refractivity contribution in [2.45, 2.75) is 20.3 Å². The van der Waals surface area contributed by atoms with Gasteiger partial charge in [0, 0.05) is 24.3 Å². The third kappa shape index (κ3) is 2.91. The Labute approximate surface area is 154 Å². The number of aryl methyl sites for hydroxylation is 2. The highest BCUT2D eigenvalue weighted by molar-refractivity contribution is 7.22. The number of fused-ring (bicyclic) bond motifs is 1. The van der Waals surface area contributed by atoms with Crippen molar-refractivity contribution in [3.05, 3.63) is 29.6 Å². The molecule has 1 amide bonds. The first-order chi connectivity index (χ1) is 12.5. The average molecular weight is 366 g/mol. The Kier molecular flexibility index (Phi) is 4.09. The summed E-state index contributed by atoms with van der Waals surface area (Å²) in [5, 5.41) is 19.7. The van der Waals surface area contributed by atoms with Crippen molar-refractivity contribution in [1.82, 2.24) is 20.1 Å². The summed E-state index contributed by atoms with van der Waals surface area (Å²) in [5.41, 5.74) is 5.04. The number of nitrogens with zero attached hydrogens (tertiary/aromatic N) is 4. The topological polar surface area (TPSA) is 97.7 Å². The van der Waals surface area contributed by atoms with Crippen LogP contribution in [0.1, 0.15) is 17.8 Å². The number of likely N-dealkylation sites (tertiary alicyclic amines) is 1. The van der Waals surface area contributed by atoms with E-state index in [2.05, 4.69) is 32.8 Å². The Morgan fingerprint density at radius 3 is 3.00 bits per heavy atom. The number of carbonyl (C=O) groups excluding carboxylic acids is 1. The molecule has 3 heterocycles. The predicted molar refractivity (Wildman–Crippen MR) is 101 cm³/mol. The van der Waals surface area contributed by atoms with Gasteiger partial charge in [-0.2, -0.15) is 10.4 Å². The minimum absolute atomic E-state index is 0.0662. The van der Waals surface area contributed by atoms with Crippen LogP contribution in [0.3, 0.4) is 0 Å². The average Bonchev–Trinajstić information content (AvgIpc) is 3.32. The molecule has 7 nitrogen and oxygen atoms in total. The fraction of sp³-hybridized carbons (Fsp3) is 0.333. The third-order valence-electron chi connectivity index (χ3n) is 4.74. The van der Waals surface area contributed by atoms with E-state index in [4.69, 9.17) is 5.26 Å². The van der Waals surface area contributed by atoms with Crippen molar-refractivity contribution in [1.29, 1.82) is 5.26 Å². The van der Waals surface area contributed by atoms with Gasteiger partial charge in [-0.15, -0.1) is 0 Å². The van der Waals surface area contributed by atoms with Gasteiger partial charge in [0.15, 0.2) is 11.3 Å². The van der Waals surface area contributed by atoms with Crippen molar-refractivity contribution in [2.24, 2.45) is 5.92 Å². The van der Waals surface area contributed by atoms with Gasteiger partial charge in [-0.1, -0.05) is 17.4 Å². The highest BCUT2D eigenvalue weighted by Gasteiger charge is 2.28. The number of nitriles is 1. The van der Waals surface area contributed by atoms with Gasteiger partial charge in [0.05, 0.1) is 21.8 Å². The van der Waals surface area contributed by atoms with Gasteiger partial charge in [-0.25, -0.2) is 4.98 Å². The predicted octanol–water partition coefficient (Wildman–Crippen LogP) is 3.04. The zero-order valence-electron chi connectivity index (χ0n) is 14.5. The Balaban J connectivity index is 1.57. The molecule has 1 atom stereocenters. The summed E-state index contributed by atoms with van der Waals surface area (Å²) in [6.07, 6.45) is 2.80. The third-order valence-corrected chi connectivity index (χ3v) is 5.67. The molecular formula is C18H18N6OS. The summed E-state index contributed by atoms with van der Waals surface area (Å²) in [7, 11) is 0. The number of benzene rings is 1. The van der Waals surface area contributed by atoms with Crippen molar-refractivity contribution in [3.8, 4) is 17.3 Å². The van der Waals surface area contributed by atoms with E-state index >= 15 is 0 Å². The first kappa shape index (κ1) is 16.5. The highest BCUT2D eigenvalue weighted by atomic mass is 32.1. The number of amides is 1. The van der Waals surface area contributed by atoms with E-state index in [0.717, 1.165) is 32.7 Å². The Bertz CT molecular complexity index is 1010. The number of hydrogen-bond donors (Lipinski definition) is 2. The number of anilines is 1. The molecule has 0 aliphatic carbocycles. The van der Waals surface area contributed by atoms with Crippen molar-refractivity contribution >= 4 is 32.6 Å². The number of rotatable bonds is 3. The van der Waals surface area contributed by atoms with Crippen LogP contribution < -0.4 is 5.32 Å². The summed E-state index contributed by atoms with van der Waals surface area (Å²) in [6, 6.07) is 6.08. The van der Waals surface area contributed by atoms with Gasteiger partial charge in [0.2, 0.25) is 5.91 Å². The van der Waals surface area contributed by atoms with Crippen molar-refractivity contribution in [2.75, 3.05) is 18.4 Å². The molecule has 8 heteroatoms. The minimum Gasteiger partial charge on any atom is -0.310 e. The molecule has 1 saturated heterocycles. The van der Waals surface area contributed by atoms with Crippen LogP contribution >= 0.6 is 11.3 Å². The number of nitrogens with one attached hydrogen (secondary N) is 2. The highest BCUT2D eigenvalue weighted by Crippen LogP contribution is 2.33. The van der Waals surface area contributed by atoms with Gasteiger partial charge in [-0.3, -0.25) is 9.89 Å². The summed E-state index contributed by atoms with van der Waals surface area (Å²) < 4.78 is 1.02. The van der Waals surface area contributed by atoms with Gasteiger partial charge in [-0.05, 0) is 38.0 Å². The van der Waals surface area contributed by atoms with Crippen molar-refractivity contribution in [3.63, 3.8) is 0 Å².